The highest BCUT2D eigenvalue weighted by molar-refractivity contribution is 6.07. The van der Waals surface area contributed by atoms with Crippen molar-refractivity contribution in [3.05, 3.63) is 106 Å². The number of rotatable bonds is 7. The second-order valence-corrected chi connectivity index (χ2v) is 7.23. The first-order chi connectivity index (χ1) is 16.0. The van der Waals surface area contributed by atoms with Gasteiger partial charge in [-0.3, -0.25) is 14.2 Å². The number of ether oxygens (including phenoxy) is 1. The van der Waals surface area contributed by atoms with Gasteiger partial charge in [0.05, 0.1) is 20.2 Å². The van der Waals surface area contributed by atoms with Crippen LogP contribution in [0.3, 0.4) is 0 Å². The number of esters is 1. The Morgan fingerprint density at radius 1 is 1.00 bits per heavy atom. The van der Waals surface area contributed by atoms with Crippen molar-refractivity contribution >= 4 is 22.9 Å². The summed E-state index contributed by atoms with van der Waals surface area (Å²) in [6.45, 7) is 0.501. The number of methoxy groups -OCH3 is 1. The minimum absolute atomic E-state index is 0.0127. The number of carbonyl (C=O) groups is 2. The van der Waals surface area contributed by atoms with Gasteiger partial charge in [-0.15, -0.1) is 0 Å². The van der Waals surface area contributed by atoms with E-state index in [9.17, 15) is 19.5 Å². The number of imidazole rings is 1. The van der Waals surface area contributed by atoms with E-state index in [0.29, 0.717) is 6.54 Å². The van der Waals surface area contributed by atoms with E-state index in [1.54, 1.807) is 0 Å². The fourth-order valence-electron chi connectivity index (χ4n) is 3.38. The molecule has 0 atom stereocenters. The lowest BCUT2D eigenvalue weighted by atomic mass is 10.2. The summed E-state index contributed by atoms with van der Waals surface area (Å²) in [6, 6.07) is 18.7. The average Bonchev–Trinajstić information content (AvgIpc) is 3.20. The summed E-state index contributed by atoms with van der Waals surface area (Å²) in [5, 5.41) is 9.81. The van der Waals surface area contributed by atoms with Gasteiger partial charge < -0.3 is 14.4 Å². The minimum atomic E-state index is -1.06. The first-order valence-corrected chi connectivity index (χ1v) is 10.0. The third-order valence-corrected chi connectivity index (χ3v) is 4.99. The fraction of sp³-hybridized carbons (Fsp3) is 0.125. The molecule has 2 aromatic heterocycles. The molecule has 0 spiro atoms. The van der Waals surface area contributed by atoms with Crippen LogP contribution in [-0.4, -0.2) is 43.1 Å². The Morgan fingerprint density at radius 3 is 2.21 bits per heavy atom. The van der Waals surface area contributed by atoms with Crippen molar-refractivity contribution in [3.63, 3.8) is 0 Å². The van der Waals surface area contributed by atoms with Gasteiger partial charge in [0.15, 0.2) is 17.0 Å². The van der Waals surface area contributed by atoms with Crippen molar-refractivity contribution in [2.45, 2.75) is 13.1 Å². The Bertz CT molecular complexity index is 1410. The van der Waals surface area contributed by atoms with Gasteiger partial charge in [0, 0.05) is 6.08 Å². The van der Waals surface area contributed by atoms with Crippen LogP contribution in [0.4, 0.5) is 0 Å². The maximum Gasteiger partial charge on any atom is 0.373 e. The Balaban J connectivity index is 1.83. The summed E-state index contributed by atoms with van der Waals surface area (Å²) in [5.41, 5.74) is 1.58. The predicted molar refractivity (Wildman–Crippen MR) is 120 cm³/mol. The number of benzene rings is 2. The molecule has 1 N–H and O–H groups in total. The smallest absolute Gasteiger partial charge is 0.373 e. The maximum absolute atomic E-state index is 13.1. The number of ketones is 1. The van der Waals surface area contributed by atoms with Crippen LogP contribution < -0.4 is 5.56 Å². The zero-order valence-corrected chi connectivity index (χ0v) is 17.7. The van der Waals surface area contributed by atoms with Gasteiger partial charge in [-0.1, -0.05) is 60.7 Å². The van der Waals surface area contributed by atoms with Crippen molar-refractivity contribution in [3.8, 4) is 0 Å². The molecule has 0 saturated heterocycles. The SMILES string of the molecule is COC(=O)/C(O)=C/C(=O)c1nc2c(=O)n(Cc3ccccc3)cnc2n1Cc1ccccc1. The molecule has 0 unspecified atom stereocenters. The second kappa shape index (κ2) is 9.31. The predicted octanol–water partition coefficient (Wildman–Crippen LogP) is 2.49. The summed E-state index contributed by atoms with van der Waals surface area (Å²) in [6.07, 6.45) is 2.13. The van der Waals surface area contributed by atoms with Crippen LogP contribution in [0.25, 0.3) is 11.2 Å². The van der Waals surface area contributed by atoms with Crippen molar-refractivity contribution in [2.75, 3.05) is 7.11 Å². The molecule has 2 heterocycles. The highest BCUT2D eigenvalue weighted by Crippen LogP contribution is 2.16. The third-order valence-electron chi connectivity index (χ3n) is 4.99. The van der Waals surface area contributed by atoms with E-state index in [2.05, 4.69) is 14.7 Å². The Hall–Kier alpha value is -4.53. The Labute approximate surface area is 188 Å². The second-order valence-electron chi connectivity index (χ2n) is 7.23. The topological polar surface area (TPSA) is 116 Å². The summed E-state index contributed by atoms with van der Waals surface area (Å²) in [5.74, 6) is -2.82. The quantitative estimate of drug-likeness (QED) is 0.201. The highest BCUT2D eigenvalue weighted by Gasteiger charge is 2.22. The molecule has 0 radical (unpaired) electrons. The molecule has 2 aromatic carbocycles. The first-order valence-electron chi connectivity index (χ1n) is 10.0. The molecule has 4 aromatic rings. The van der Waals surface area contributed by atoms with Gasteiger partial charge in [-0.05, 0) is 11.1 Å². The van der Waals surface area contributed by atoms with Crippen LogP contribution in [0.2, 0.25) is 0 Å². The number of allylic oxidation sites excluding steroid dienone is 1. The molecular weight excluding hydrogens is 424 g/mol. The number of nitrogens with zero attached hydrogens (tertiary/aromatic N) is 4. The van der Waals surface area contributed by atoms with E-state index in [-0.39, 0.29) is 23.5 Å². The van der Waals surface area contributed by atoms with Gasteiger partial charge in [0.25, 0.3) is 5.56 Å². The monoisotopic (exact) mass is 444 g/mol. The average molecular weight is 444 g/mol. The van der Waals surface area contributed by atoms with Crippen molar-refractivity contribution in [2.24, 2.45) is 0 Å². The Kier molecular flexibility index (Phi) is 6.12. The third kappa shape index (κ3) is 4.57. The molecular formula is C24H20N4O5. The lowest BCUT2D eigenvalue weighted by molar-refractivity contribution is -0.139. The molecule has 166 valence electrons. The van der Waals surface area contributed by atoms with E-state index in [1.165, 1.54) is 15.5 Å². The zero-order valence-electron chi connectivity index (χ0n) is 17.7. The molecule has 9 heteroatoms. The van der Waals surface area contributed by atoms with Crippen molar-refractivity contribution in [1.29, 1.82) is 0 Å². The zero-order chi connectivity index (χ0) is 23.4. The molecule has 9 nitrogen and oxygen atoms in total. The van der Waals surface area contributed by atoms with Gasteiger partial charge in [0.2, 0.25) is 11.5 Å². The van der Waals surface area contributed by atoms with Gasteiger partial charge in [-0.25, -0.2) is 14.8 Å². The van der Waals surface area contributed by atoms with Crippen LogP contribution in [0.15, 0.2) is 83.6 Å². The van der Waals surface area contributed by atoms with E-state index < -0.39 is 23.1 Å². The molecule has 0 aliphatic carbocycles. The van der Waals surface area contributed by atoms with Gasteiger partial charge in [-0.2, -0.15) is 0 Å². The lowest BCUT2D eigenvalue weighted by Gasteiger charge is -2.08. The van der Waals surface area contributed by atoms with Crippen LogP contribution in [0, 0.1) is 0 Å². The number of carbonyl (C=O) groups excluding carboxylic acids is 2. The summed E-state index contributed by atoms with van der Waals surface area (Å²) < 4.78 is 7.32. The van der Waals surface area contributed by atoms with Gasteiger partial charge >= 0.3 is 5.97 Å². The number of hydrogen-bond donors (Lipinski definition) is 1. The highest BCUT2D eigenvalue weighted by atomic mass is 16.5. The van der Waals surface area contributed by atoms with Gasteiger partial charge in [0.1, 0.15) is 6.33 Å². The van der Waals surface area contributed by atoms with Crippen LogP contribution >= 0.6 is 0 Å². The molecule has 0 saturated carbocycles. The summed E-state index contributed by atoms with van der Waals surface area (Å²) in [4.78, 5) is 46.2. The number of aliphatic hydroxyl groups is 1. The molecule has 0 aliphatic heterocycles. The minimum Gasteiger partial charge on any atom is -0.502 e. The molecule has 0 aliphatic rings. The fourth-order valence-corrected chi connectivity index (χ4v) is 3.38. The standard InChI is InChI=1S/C24H20N4O5/c1-33-24(32)19(30)12-18(29)21-26-20-22(28(21)14-17-10-6-3-7-11-17)25-15-27(23(20)31)13-16-8-4-2-5-9-16/h2-12,15,30H,13-14H2,1H3/b19-12-. The number of aliphatic hydroxyl groups excluding tert-OH is 1. The normalized spacial score (nSPS) is 11.5. The summed E-state index contributed by atoms with van der Waals surface area (Å²) >= 11 is 0. The molecule has 0 bridgehead atoms. The number of fused-ring (bicyclic) bond motifs is 1. The van der Waals surface area contributed by atoms with E-state index in [0.717, 1.165) is 24.3 Å². The van der Waals surface area contributed by atoms with Crippen LogP contribution in [0.1, 0.15) is 21.7 Å². The van der Waals surface area contributed by atoms with E-state index in [4.69, 9.17) is 0 Å². The van der Waals surface area contributed by atoms with Crippen molar-refractivity contribution in [1.82, 2.24) is 19.1 Å². The molecule has 33 heavy (non-hydrogen) atoms. The number of aromatic nitrogens is 4. The van der Waals surface area contributed by atoms with E-state index >= 15 is 0 Å². The van der Waals surface area contributed by atoms with Crippen molar-refractivity contribution < 1.29 is 19.4 Å². The largest absolute Gasteiger partial charge is 0.502 e. The summed E-state index contributed by atoms with van der Waals surface area (Å²) in [7, 11) is 1.08. The van der Waals surface area contributed by atoms with Crippen LogP contribution in [-0.2, 0) is 22.6 Å². The van der Waals surface area contributed by atoms with E-state index in [1.807, 2.05) is 60.7 Å². The molecule has 4 rings (SSSR count). The first kappa shape index (κ1) is 21.7. The van der Waals surface area contributed by atoms with Crippen LogP contribution in [0.5, 0.6) is 0 Å². The lowest BCUT2D eigenvalue weighted by Crippen LogP contribution is -2.21. The molecule has 0 fully saturated rings. The number of hydrogen-bond acceptors (Lipinski definition) is 7. The Morgan fingerprint density at radius 2 is 1.61 bits per heavy atom. The molecule has 0 amide bonds. The maximum atomic E-state index is 13.1.